The van der Waals surface area contributed by atoms with Crippen molar-refractivity contribution in [3.63, 3.8) is 0 Å². The SMILES string of the molecule is C=C(CC(=O)OC1(c2ccc(C(F)(F)F)cc2)CCC1)C(=O)OC(CC(=O)O)C(F)(F)F. The van der Waals surface area contributed by atoms with E-state index in [-0.39, 0.29) is 0 Å². The van der Waals surface area contributed by atoms with Crippen molar-refractivity contribution < 1.29 is 55.3 Å². The van der Waals surface area contributed by atoms with Crippen LogP contribution in [0.15, 0.2) is 36.4 Å². The summed E-state index contributed by atoms with van der Waals surface area (Å²) >= 11 is 0. The topological polar surface area (TPSA) is 89.9 Å². The van der Waals surface area contributed by atoms with Crippen LogP contribution in [-0.4, -0.2) is 35.3 Å². The Labute approximate surface area is 177 Å². The molecule has 0 radical (unpaired) electrons. The standard InChI is InChI=1S/C20H18F6O6/c1-11(17(30)31-14(10-15(27)28)20(24,25)26)9-16(29)32-18(7-2-8-18)12-3-5-13(6-4-12)19(21,22)23/h3-6,14H,1-2,7-10H2,(H,27,28). The molecule has 0 aliphatic heterocycles. The van der Waals surface area contributed by atoms with Gasteiger partial charge in [-0.25, -0.2) is 4.79 Å². The summed E-state index contributed by atoms with van der Waals surface area (Å²) in [4.78, 5) is 34.6. The zero-order valence-electron chi connectivity index (χ0n) is 16.4. The van der Waals surface area contributed by atoms with Crippen LogP contribution < -0.4 is 0 Å². The first-order chi connectivity index (χ1) is 14.6. The average Bonchev–Trinajstić information content (AvgIpc) is 2.62. The highest BCUT2D eigenvalue weighted by Gasteiger charge is 2.45. The van der Waals surface area contributed by atoms with Crippen LogP contribution in [0.3, 0.4) is 0 Å². The van der Waals surface area contributed by atoms with Gasteiger partial charge in [-0.15, -0.1) is 0 Å². The lowest BCUT2D eigenvalue weighted by Crippen LogP contribution is -2.39. The van der Waals surface area contributed by atoms with Crippen molar-refractivity contribution in [2.45, 2.75) is 56.2 Å². The first-order valence-corrected chi connectivity index (χ1v) is 9.21. The third-order valence-electron chi connectivity index (χ3n) is 4.83. The van der Waals surface area contributed by atoms with Crippen molar-refractivity contribution in [3.8, 4) is 0 Å². The molecule has 0 spiro atoms. The van der Waals surface area contributed by atoms with Crippen LogP contribution >= 0.6 is 0 Å². The van der Waals surface area contributed by atoms with Crippen molar-refractivity contribution in [3.05, 3.63) is 47.5 Å². The molecule has 1 saturated carbocycles. The highest BCUT2D eigenvalue weighted by Crippen LogP contribution is 2.45. The minimum atomic E-state index is -5.15. The molecule has 0 amide bonds. The second-order valence-electron chi connectivity index (χ2n) is 7.21. The number of benzene rings is 1. The van der Waals surface area contributed by atoms with Gasteiger partial charge in [0.2, 0.25) is 6.10 Å². The van der Waals surface area contributed by atoms with E-state index < -0.39 is 65.9 Å². The van der Waals surface area contributed by atoms with E-state index >= 15 is 0 Å². The van der Waals surface area contributed by atoms with Crippen LogP contribution in [0.2, 0.25) is 0 Å². The summed E-state index contributed by atoms with van der Waals surface area (Å²) in [6, 6.07) is 3.99. The minimum Gasteiger partial charge on any atom is -0.481 e. The van der Waals surface area contributed by atoms with Crippen LogP contribution in [0.25, 0.3) is 0 Å². The Hall–Kier alpha value is -3.05. The molecular weight excluding hydrogens is 450 g/mol. The van der Waals surface area contributed by atoms with Gasteiger partial charge in [-0.3, -0.25) is 9.59 Å². The summed E-state index contributed by atoms with van der Waals surface area (Å²) in [7, 11) is 0. The molecule has 0 aromatic heterocycles. The minimum absolute atomic E-state index is 0.301. The largest absolute Gasteiger partial charge is 0.481 e. The van der Waals surface area contributed by atoms with Gasteiger partial charge in [-0.1, -0.05) is 18.7 Å². The second kappa shape index (κ2) is 9.21. The van der Waals surface area contributed by atoms with Crippen molar-refractivity contribution >= 4 is 17.9 Å². The number of carboxylic acid groups (broad SMARTS) is 1. The summed E-state index contributed by atoms with van der Waals surface area (Å²) < 4.78 is 86.1. The van der Waals surface area contributed by atoms with Gasteiger partial charge < -0.3 is 14.6 Å². The molecular formula is C20H18F6O6. The van der Waals surface area contributed by atoms with E-state index in [9.17, 15) is 40.7 Å². The van der Waals surface area contributed by atoms with Gasteiger partial charge in [0.15, 0.2) is 0 Å². The highest BCUT2D eigenvalue weighted by atomic mass is 19.4. The molecule has 1 fully saturated rings. The molecule has 2 rings (SSSR count). The fourth-order valence-corrected chi connectivity index (χ4v) is 3.01. The average molecular weight is 468 g/mol. The zero-order valence-corrected chi connectivity index (χ0v) is 16.4. The quantitative estimate of drug-likeness (QED) is 0.343. The fraction of sp³-hybridized carbons (Fsp3) is 0.450. The predicted molar refractivity (Wildman–Crippen MR) is 95.0 cm³/mol. The van der Waals surface area contributed by atoms with Crippen molar-refractivity contribution in [2.24, 2.45) is 0 Å². The van der Waals surface area contributed by atoms with Crippen LogP contribution in [0.1, 0.15) is 43.2 Å². The van der Waals surface area contributed by atoms with Gasteiger partial charge in [-0.2, -0.15) is 26.3 Å². The summed E-state index contributed by atoms with van der Waals surface area (Å²) in [5.41, 5.74) is -2.50. The van der Waals surface area contributed by atoms with E-state index in [1.54, 1.807) is 0 Å². The molecule has 0 heterocycles. The van der Waals surface area contributed by atoms with Gasteiger partial charge in [-0.05, 0) is 37.0 Å². The number of alkyl halides is 6. The molecule has 1 atom stereocenters. The van der Waals surface area contributed by atoms with Crippen molar-refractivity contribution in [1.82, 2.24) is 0 Å². The zero-order chi connectivity index (χ0) is 24.3. The van der Waals surface area contributed by atoms with Gasteiger partial charge in [0.05, 0.1) is 18.4 Å². The number of hydrogen-bond acceptors (Lipinski definition) is 5. The lowest BCUT2D eigenvalue weighted by molar-refractivity contribution is -0.222. The second-order valence-corrected chi connectivity index (χ2v) is 7.21. The molecule has 1 aromatic carbocycles. The molecule has 1 aliphatic carbocycles. The van der Waals surface area contributed by atoms with Gasteiger partial charge >= 0.3 is 30.3 Å². The Morgan fingerprint density at radius 1 is 1.06 bits per heavy atom. The smallest absolute Gasteiger partial charge is 0.426 e. The van der Waals surface area contributed by atoms with E-state index in [1.165, 1.54) is 0 Å². The monoisotopic (exact) mass is 468 g/mol. The number of hydrogen-bond donors (Lipinski definition) is 1. The summed E-state index contributed by atoms with van der Waals surface area (Å²) in [6.45, 7) is 3.18. The van der Waals surface area contributed by atoms with E-state index in [2.05, 4.69) is 11.3 Å². The molecule has 1 N–H and O–H groups in total. The third-order valence-corrected chi connectivity index (χ3v) is 4.83. The maximum absolute atomic E-state index is 12.8. The Balaban J connectivity index is 2.03. The molecule has 1 aliphatic rings. The Bertz CT molecular complexity index is 883. The van der Waals surface area contributed by atoms with Crippen molar-refractivity contribution in [1.29, 1.82) is 0 Å². The maximum Gasteiger partial charge on any atom is 0.426 e. The van der Waals surface area contributed by atoms with E-state index in [1.807, 2.05) is 0 Å². The Morgan fingerprint density at radius 3 is 2.03 bits per heavy atom. The van der Waals surface area contributed by atoms with Crippen LogP contribution in [-0.2, 0) is 35.6 Å². The number of carbonyl (C=O) groups is 3. The maximum atomic E-state index is 12.8. The first-order valence-electron chi connectivity index (χ1n) is 9.21. The van der Waals surface area contributed by atoms with Crippen LogP contribution in [0.4, 0.5) is 26.3 Å². The number of rotatable bonds is 8. The molecule has 1 unspecified atom stereocenters. The van der Waals surface area contributed by atoms with Crippen LogP contribution in [0.5, 0.6) is 0 Å². The molecule has 12 heteroatoms. The van der Waals surface area contributed by atoms with Crippen LogP contribution in [0, 0.1) is 0 Å². The van der Waals surface area contributed by atoms with Gasteiger partial charge in [0, 0.05) is 5.57 Å². The number of carboxylic acids is 1. The summed E-state index contributed by atoms with van der Waals surface area (Å²) in [6.07, 6.45) is -13.8. The summed E-state index contributed by atoms with van der Waals surface area (Å²) in [5.74, 6) is -4.52. The van der Waals surface area contributed by atoms with Gasteiger partial charge in [0.1, 0.15) is 5.60 Å². The molecule has 176 valence electrons. The molecule has 0 saturated heterocycles. The highest BCUT2D eigenvalue weighted by molar-refractivity contribution is 5.93. The van der Waals surface area contributed by atoms with Gasteiger partial charge in [0.25, 0.3) is 0 Å². The molecule has 6 nitrogen and oxygen atoms in total. The number of carbonyl (C=O) groups excluding carboxylic acids is 2. The van der Waals surface area contributed by atoms with E-state index in [0.29, 0.717) is 24.8 Å². The normalized spacial score (nSPS) is 16.4. The lowest BCUT2D eigenvalue weighted by Gasteiger charge is -2.41. The molecule has 1 aromatic rings. The number of halogens is 6. The third kappa shape index (κ3) is 6.24. The number of esters is 2. The molecule has 32 heavy (non-hydrogen) atoms. The molecule has 0 bridgehead atoms. The number of ether oxygens (including phenoxy) is 2. The fourth-order valence-electron chi connectivity index (χ4n) is 3.01. The first kappa shape index (κ1) is 25.2. The number of aliphatic carboxylic acids is 1. The Morgan fingerprint density at radius 2 is 1.62 bits per heavy atom. The van der Waals surface area contributed by atoms with Crippen molar-refractivity contribution in [2.75, 3.05) is 0 Å². The van der Waals surface area contributed by atoms with E-state index in [0.717, 1.165) is 24.3 Å². The Kier molecular flexibility index (Phi) is 7.26. The summed E-state index contributed by atoms with van der Waals surface area (Å²) in [5, 5.41) is 8.52. The predicted octanol–water partition coefficient (Wildman–Crippen LogP) is 4.52. The van der Waals surface area contributed by atoms with E-state index in [4.69, 9.17) is 9.84 Å². The lowest BCUT2D eigenvalue weighted by atomic mass is 9.74.